The summed E-state index contributed by atoms with van der Waals surface area (Å²) < 4.78 is 2.30. The number of aryl methyl sites for hydroxylation is 2. The maximum atomic E-state index is 2.65. The third-order valence-corrected chi connectivity index (χ3v) is 11.8. The van der Waals surface area contributed by atoms with Crippen LogP contribution in [0.15, 0.2) is 48.5 Å². The number of hydrogen-bond donors (Lipinski definition) is 0. The Balaban J connectivity index is 1.80. The third-order valence-electron chi connectivity index (χ3n) is 11.8. The Kier molecular flexibility index (Phi) is 7.37. The van der Waals surface area contributed by atoms with Gasteiger partial charge in [0.2, 0.25) is 0 Å². The molecule has 2 unspecified atom stereocenters. The summed E-state index contributed by atoms with van der Waals surface area (Å²) >= 11 is 0. The molecule has 0 N–H and O–H groups in total. The summed E-state index contributed by atoms with van der Waals surface area (Å²) in [6.45, 7) is 33.3. The van der Waals surface area contributed by atoms with E-state index in [0.29, 0.717) is 0 Å². The van der Waals surface area contributed by atoms with Gasteiger partial charge in [-0.1, -0.05) is 47.5 Å². The van der Waals surface area contributed by atoms with Crippen LogP contribution in [-0.2, 0) is 10.8 Å². The summed E-state index contributed by atoms with van der Waals surface area (Å²) in [6, 6.07) is 19.8. The van der Waals surface area contributed by atoms with E-state index < -0.39 is 0 Å². The number of hydrogen-bond acceptors (Lipinski definition) is 0. The minimum atomic E-state index is -0.00628. The van der Waals surface area contributed by atoms with Crippen LogP contribution in [0.1, 0.15) is 88.8 Å². The quantitative estimate of drug-likeness (QED) is 0.227. The first kappa shape index (κ1) is 29.1. The fourth-order valence-electron chi connectivity index (χ4n) is 8.64. The van der Waals surface area contributed by atoms with Crippen molar-refractivity contribution in [1.82, 2.24) is 0 Å². The predicted octanol–water partition coefficient (Wildman–Crippen LogP) is 8.63. The summed E-state index contributed by atoms with van der Waals surface area (Å²) in [5, 5.41) is 0. The van der Waals surface area contributed by atoms with Crippen LogP contribution >= 0.6 is 0 Å². The molecule has 0 fully saturated rings. The first-order chi connectivity index (χ1) is 19.0. The maximum absolute atomic E-state index is 2.65. The van der Waals surface area contributed by atoms with Crippen molar-refractivity contribution < 1.29 is 8.97 Å². The molecule has 2 heteroatoms. The molecule has 2 atom stereocenters. The summed E-state index contributed by atoms with van der Waals surface area (Å²) in [6.07, 6.45) is 0. The highest BCUT2D eigenvalue weighted by Gasteiger charge is 2.50. The molecule has 0 spiro atoms. The Morgan fingerprint density at radius 3 is 1.05 bits per heavy atom. The molecule has 0 saturated heterocycles. The molecule has 214 valence electrons. The fraction of sp³-hybridized carbons (Fsp3) is 0.526. The second-order valence-corrected chi connectivity index (χ2v) is 13.6. The molecular weight excluding hydrogens is 484 g/mol. The molecule has 0 aromatic heterocycles. The Bertz CT molecular complexity index is 1300. The Morgan fingerprint density at radius 2 is 0.750 bits per heavy atom. The van der Waals surface area contributed by atoms with Crippen molar-refractivity contribution in [2.45, 2.75) is 80.1 Å². The highest BCUT2D eigenvalue weighted by atomic mass is 15.4. The van der Waals surface area contributed by atoms with Crippen molar-refractivity contribution in [3.63, 3.8) is 0 Å². The predicted molar refractivity (Wildman–Crippen MR) is 173 cm³/mol. The van der Waals surface area contributed by atoms with Gasteiger partial charge in [0.05, 0.1) is 63.2 Å². The zero-order valence-corrected chi connectivity index (χ0v) is 27.2. The molecule has 2 nitrogen and oxygen atoms in total. The second-order valence-electron chi connectivity index (χ2n) is 13.6. The Labute approximate surface area is 245 Å². The number of quaternary nitrogens is 2. The number of rotatable bonds is 10. The molecule has 40 heavy (non-hydrogen) atoms. The van der Waals surface area contributed by atoms with E-state index in [-0.39, 0.29) is 10.8 Å². The monoisotopic (exact) mass is 538 g/mol. The fourth-order valence-corrected chi connectivity index (χ4v) is 8.64. The van der Waals surface area contributed by atoms with Gasteiger partial charge in [-0.2, -0.15) is 0 Å². The summed E-state index contributed by atoms with van der Waals surface area (Å²) in [5.74, 6) is 0. The lowest BCUT2D eigenvalue weighted by Crippen LogP contribution is -2.54. The molecule has 3 aromatic rings. The summed E-state index contributed by atoms with van der Waals surface area (Å²) in [4.78, 5) is 0. The minimum Gasteiger partial charge on any atom is -0.323 e. The number of nitrogens with zero attached hydrogens (tertiary/aromatic N) is 2. The lowest BCUT2D eigenvalue weighted by atomic mass is 9.75. The average molecular weight is 539 g/mol. The second kappa shape index (κ2) is 10.1. The molecule has 2 aliphatic carbocycles. The van der Waals surface area contributed by atoms with Gasteiger partial charge in [-0.3, -0.25) is 0 Å². The lowest BCUT2D eigenvalue weighted by Gasteiger charge is -2.43. The SMILES string of the molecule is CC[N+](CC)(CC)CC1(C)c2cc(C)ccc2-c2cc3c(cc21)-c1ccc(C)cc1C3(C)C[N+](CC)(CC)CC. The van der Waals surface area contributed by atoms with E-state index in [2.05, 4.69) is 118 Å². The van der Waals surface area contributed by atoms with Gasteiger partial charge in [0.1, 0.15) is 0 Å². The van der Waals surface area contributed by atoms with E-state index in [1.54, 1.807) is 11.1 Å². The molecule has 0 bridgehead atoms. The Hall–Kier alpha value is -2.42. The van der Waals surface area contributed by atoms with Crippen LogP contribution in [-0.4, -0.2) is 61.3 Å². The van der Waals surface area contributed by atoms with Crippen molar-refractivity contribution >= 4 is 0 Å². The normalized spacial score (nSPS) is 21.2. The number of benzene rings is 3. The van der Waals surface area contributed by atoms with Gasteiger partial charge in [0, 0.05) is 0 Å². The molecule has 0 heterocycles. The molecule has 2 aliphatic rings. The van der Waals surface area contributed by atoms with E-state index >= 15 is 0 Å². The third kappa shape index (κ3) is 4.12. The maximum Gasteiger partial charge on any atom is 0.0923 e. The van der Waals surface area contributed by atoms with Gasteiger partial charge < -0.3 is 8.97 Å². The summed E-state index contributed by atoms with van der Waals surface area (Å²) in [7, 11) is 0. The van der Waals surface area contributed by atoms with Gasteiger partial charge in [0.25, 0.3) is 0 Å². The van der Waals surface area contributed by atoms with Crippen molar-refractivity contribution in [2.24, 2.45) is 0 Å². The standard InChI is InChI=1S/C38H54N2/c1-11-39(12-2,13-3)25-37(9)33-21-27(7)17-19-29(33)31-24-36-32(23-35(31)37)30-20-18-28(8)22-34(30)38(36,10)26-40(14-4,15-5)16-6/h17-24H,11-16,25-26H2,1-10H3/q+2. The average Bonchev–Trinajstić information content (AvgIpc) is 3.34. The Morgan fingerprint density at radius 1 is 0.450 bits per heavy atom. The molecule has 3 aromatic carbocycles. The highest BCUT2D eigenvalue weighted by molar-refractivity contribution is 5.90. The van der Waals surface area contributed by atoms with Crippen LogP contribution in [0, 0.1) is 13.8 Å². The first-order valence-electron chi connectivity index (χ1n) is 16.1. The van der Waals surface area contributed by atoms with Gasteiger partial charge in [-0.15, -0.1) is 0 Å². The van der Waals surface area contributed by atoms with Crippen molar-refractivity contribution in [3.05, 3.63) is 81.9 Å². The van der Waals surface area contributed by atoms with Crippen LogP contribution in [0.4, 0.5) is 0 Å². The number of likely N-dealkylation sites (N-methyl/N-ethyl adjacent to an activating group) is 2. The molecule has 0 saturated carbocycles. The largest absolute Gasteiger partial charge is 0.323 e. The van der Waals surface area contributed by atoms with Gasteiger partial charge in [0.15, 0.2) is 0 Å². The molecule has 0 radical (unpaired) electrons. The van der Waals surface area contributed by atoms with E-state index in [0.717, 1.165) is 22.1 Å². The van der Waals surface area contributed by atoms with E-state index in [1.165, 1.54) is 83.8 Å². The van der Waals surface area contributed by atoms with Gasteiger partial charge in [-0.05, 0) is 126 Å². The van der Waals surface area contributed by atoms with Gasteiger partial charge >= 0.3 is 0 Å². The van der Waals surface area contributed by atoms with Crippen molar-refractivity contribution in [2.75, 3.05) is 52.4 Å². The zero-order chi connectivity index (χ0) is 29.1. The zero-order valence-electron chi connectivity index (χ0n) is 27.2. The smallest absolute Gasteiger partial charge is 0.0923 e. The molecular formula is C38H54N2+2. The molecule has 0 aliphatic heterocycles. The van der Waals surface area contributed by atoms with Gasteiger partial charge in [-0.25, -0.2) is 0 Å². The van der Waals surface area contributed by atoms with E-state index in [1.807, 2.05) is 0 Å². The molecule has 5 rings (SSSR count). The van der Waals surface area contributed by atoms with Crippen LogP contribution in [0.2, 0.25) is 0 Å². The first-order valence-corrected chi connectivity index (χ1v) is 16.1. The minimum absolute atomic E-state index is 0.00628. The van der Waals surface area contributed by atoms with Crippen LogP contribution in [0.3, 0.4) is 0 Å². The topological polar surface area (TPSA) is 0 Å². The summed E-state index contributed by atoms with van der Waals surface area (Å²) in [5.41, 5.74) is 14.8. The van der Waals surface area contributed by atoms with E-state index in [4.69, 9.17) is 0 Å². The highest BCUT2D eigenvalue weighted by Crippen LogP contribution is 2.57. The lowest BCUT2D eigenvalue weighted by molar-refractivity contribution is -0.926. The van der Waals surface area contributed by atoms with Crippen LogP contribution in [0.5, 0.6) is 0 Å². The molecule has 0 amide bonds. The van der Waals surface area contributed by atoms with Crippen molar-refractivity contribution in [1.29, 1.82) is 0 Å². The van der Waals surface area contributed by atoms with Crippen LogP contribution in [0.25, 0.3) is 22.3 Å². The van der Waals surface area contributed by atoms with E-state index in [9.17, 15) is 0 Å². The number of fused-ring (bicyclic) bond motifs is 6. The van der Waals surface area contributed by atoms with Crippen molar-refractivity contribution in [3.8, 4) is 22.3 Å². The van der Waals surface area contributed by atoms with Crippen LogP contribution < -0.4 is 0 Å².